The van der Waals surface area contributed by atoms with Gasteiger partial charge < -0.3 is 10.3 Å². The first kappa shape index (κ1) is 17.5. The number of para-hydroxylation sites is 1. The summed E-state index contributed by atoms with van der Waals surface area (Å²) in [5.74, 6) is 0.201. The second kappa shape index (κ2) is 6.78. The largest absolute Gasteiger partial charge is 0.361 e. The number of hydrogen-bond acceptors (Lipinski definition) is 2. The van der Waals surface area contributed by atoms with Crippen LogP contribution in [0.25, 0.3) is 10.9 Å². The van der Waals surface area contributed by atoms with Gasteiger partial charge in [-0.1, -0.05) is 48.5 Å². The van der Waals surface area contributed by atoms with Crippen molar-refractivity contribution in [2.75, 3.05) is 7.05 Å². The number of nitrogens with one attached hydrogen (secondary N) is 2. The molecule has 4 heteroatoms. The van der Waals surface area contributed by atoms with E-state index >= 15 is 0 Å². The van der Waals surface area contributed by atoms with Crippen molar-refractivity contribution in [2.24, 2.45) is 5.41 Å². The summed E-state index contributed by atoms with van der Waals surface area (Å²) < 4.78 is 0. The number of fused-ring (bicyclic) bond motifs is 3. The standard InChI is InChI=1S/C24H27N3O/c1-25-23(28)24(14-17-6-3-2-4-7-17)15-20-10-11-21(24)27(20)16-19-9-5-8-18-12-13-26-22(18)19/h2-9,12-13,20-21,26H,10-11,14-16H2,1H3,(H,25,28)/t20-,21+,24+/m0/s1. The van der Waals surface area contributed by atoms with Gasteiger partial charge in [0.1, 0.15) is 0 Å². The molecule has 0 radical (unpaired) electrons. The molecule has 144 valence electrons. The Balaban J connectivity index is 1.48. The summed E-state index contributed by atoms with van der Waals surface area (Å²) in [7, 11) is 1.78. The fourth-order valence-corrected chi connectivity index (χ4v) is 5.75. The van der Waals surface area contributed by atoms with E-state index in [2.05, 4.69) is 63.7 Å². The summed E-state index contributed by atoms with van der Waals surface area (Å²) in [5.41, 5.74) is 3.47. The lowest BCUT2D eigenvalue weighted by Gasteiger charge is -2.36. The van der Waals surface area contributed by atoms with Gasteiger partial charge in [0.15, 0.2) is 0 Å². The van der Waals surface area contributed by atoms with Crippen molar-refractivity contribution < 1.29 is 4.79 Å². The Morgan fingerprint density at radius 1 is 1.14 bits per heavy atom. The van der Waals surface area contributed by atoms with Crippen LogP contribution in [0.4, 0.5) is 0 Å². The molecule has 5 rings (SSSR count). The van der Waals surface area contributed by atoms with Gasteiger partial charge >= 0.3 is 0 Å². The van der Waals surface area contributed by atoms with E-state index in [0.717, 1.165) is 25.8 Å². The van der Waals surface area contributed by atoms with E-state index in [1.54, 1.807) is 7.05 Å². The minimum Gasteiger partial charge on any atom is -0.361 e. The molecule has 2 aliphatic heterocycles. The van der Waals surface area contributed by atoms with Gasteiger partial charge in [-0.25, -0.2) is 0 Å². The molecule has 2 aromatic carbocycles. The molecule has 2 aliphatic rings. The first-order valence-corrected chi connectivity index (χ1v) is 10.3. The highest BCUT2D eigenvalue weighted by atomic mass is 16.2. The molecular formula is C24H27N3O. The van der Waals surface area contributed by atoms with Crippen molar-refractivity contribution in [1.82, 2.24) is 15.2 Å². The van der Waals surface area contributed by atoms with Gasteiger partial charge in [0.05, 0.1) is 5.41 Å². The Bertz CT molecular complexity index is 995. The van der Waals surface area contributed by atoms with Crippen LogP contribution >= 0.6 is 0 Å². The number of aromatic nitrogens is 1. The number of hydrogen-bond donors (Lipinski definition) is 2. The van der Waals surface area contributed by atoms with E-state index in [-0.39, 0.29) is 11.3 Å². The fraction of sp³-hybridized carbons (Fsp3) is 0.375. The summed E-state index contributed by atoms with van der Waals surface area (Å²) in [6, 6.07) is 19.9. The number of amides is 1. The number of carbonyl (C=O) groups excluding carboxylic acids is 1. The van der Waals surface area contributed by atoms with Crippen molar-refractivity contribution in [1.29, 1.82) is 0 Å². The average Bonchev–Trinajstić information content (AvgIpc) is 3.42. The quantitative estimate of drug-likeness (QED) is 0.713. The van der Waals surface area contributed by atoms with Crippen molar-refractivity contribution in [2.45, 2.75) is 44.3 Å². The SMILES string of the molecule is CNC(=O)[C@]1(Cc2ccccc2)C[C@@H]2CC[C@H]1N2Cc1cccc2cc[nH]c12. The van der Waals surface area contributed by atoms with Gasteiger partial charge in [0.2, 0.25) is 5.91 Å². The second-order valence-electron chi connectivity index (χ2n) is 8.38. The van der Waals surface area contributed by atoms with Crippen LogP contribution in [0.1, 0.15) is 30.4 Å². The van der Waals surface area contributed by atoms with Crippen LogP contribution in [0.15, 0.2) is 60.8 Å². The highest BCUT2D eigenvalue weighted by Crippen LogP contribution is 2.52. The topological polar surface area (TPSA) is 48.1 Å². The predicted octanol–water partition coefficient (Wildman–Crippen LogP) is 3.88. The monoisotopic (exact) mass is 373 g/mol. The van der Waals surface area contributed by atoms with Gasteiger partial charge in [-0.3, -0.25) is 9.69 Å². The maximum atomic E-state index is 13.2. The fourth-order valence-electron chi connectivity index (χ4n) is 5.75. The highest BCUT2D eigenvalue weighted by molar-refractivity contribution is 5.85. The maximum absolute atomic E-state index is 13.2. The third-order valence-corrected chi connectivity index (χ3v) is 6.95. The van der Waals surface area contributed by atoms with Gasteiger partial charge in [0, 0.05) is 37.4 Å². The third-order valence-electron chi connectivity index (χ3n) is 6.95. The van der Waals surface area contributed by atoms with Crippen molar-refractivity contribution >= 4 is 16.8 Å². The lowest BCUT2D eigenvalue weighted by atomic mass is 9.69. The Labute approximate surface area is 165 Å². The molecule has 1 amide bonds. The summed E-state index contributed by atoms with van der Waals surface area (Å²) in [5, 5.41) is 4.25. The van der Waals surface area contributed by atoms with Gasteiger partial charge in [-0.15, -0.1) is 0 Å². The Morgan fingerprint density at radius 3 is 2.82 bits per heavy atom. The molecule has 3 atom stereocenters. The van der Waals surface area contributed by atoms with E-state index in [1.165, 1.54) is 28.5 Å². The van der Waals surface area contributed by atoms with E-state index in [9.17, 15) is 4.79 Å². The normalized spacial score (nSPS) is 26.8. The van der Waals surface area contributed by atoms with Crippen molar-refractivity contribution in [3.05, 3.63) is 71.9 Å². The summed E-state index contributed by atoms with van der Waals surface area (Å²) in [6.07, 6.45) is 6.08. The van der Waals surface area contributed by atoms with Gasteiger partial charge in [0.25, 0.3) is 0 Å². The number of nitrogens with zero attached hydrogens (tertiary/aromatic N) is 1. The van der Waals surface area contributed by atoms with Crippen LogP contribution in [0, 0.1) is 5.41 Å². The minimum absolute atomic E-state index is 0.201. The van der Waals surface area contributed by atoms with Crippen molar-refractivity contribution in [3.8, 4) is 0 Å². The molecule has 0 aliphatic carbocycles. The average molecular weight is 374 g/mol. The number of carbonyl (C=O) groups is 1. The summed E-state index contributed by atoms with van der Waals surface area (Å²) in [6.45, 7) is 0.903. The molecule has 1 aromatic heterocycles. The van der Waals surface area contributed by atoms with Gasteiger partial charge in [-0.05, 0) is 48.3 Å². The first-order chi connectivity index (χ1) is 13.7. The predicted molar refractivity (Wildman–Crippen MR) is 112 cm³/mol. The molecule has 2 N–H and O–H groups in total. The Hall–Kier alpha value is -2.59. The minimum atomic E-state index is -0.331. The molecule has 28 heavy (non-hydrogen) atoms. The molecule has 2 bridgehead atoms. The molecule has 2 fully saturated rings. The lowest BCUT2D eigenvalue weighted by Crippen LogP contribution is -2.49. The van der Waals surface area contributed by atoms with E-state index < -0.39 is 0 Å². The molecule has 4 nitrogen and oxygen atoms in total. The molecule has 3 heterocycles. The second-order valence-corrected chi connectivity index (χ2v) is 8.38. The lowest BCUT2D eigenvalue weighted by molar-refractivity contribution is -0.132. The molecule has 2 saturated heterocycles. The van der Waals surface area contributed by atoms with Crippen LogP contribution in [-0.4, -0.2) is 34.9 Å². The number of aromatic amines is 1. The first-order valence-electron chi connectivity index (χ1n) is 10.3. The van der Waals surface area contributed by atoms with E-state index in [1.807, 2.05) is 12.3 Å². The van der Waals surface area contributed by atoms with Crippen LogP contribution in [0.2, 0.25) is 0 Å². The zero-order valence-corrected chi connectivity index (χ0v) is 16.3. The Morgan fingerprint density at radius 2 is 2.00 bits per heavy atom. The maximum Gasteiger partial charge on any atom is 0.227 e. The summed E-state index contributed by atoms with van der Waals surface area (Å²) in [4.78, 5) is 19.2. The molecule has 0 spiro atoms. The third kappa shape index (κ3) is 2.67. The number of benzene rings is 2. The Kier molecular flexibility index (Phi) is 4.24. The van der Waals surface area contributed by atoms with Crippen LogP contribution in [-0.2, 0) is 17.8 Å². The highest BCUT2D eigenvalue weighted by Gasteiger charge is 2.59. The summed E-state index contributed by atoms with van der Waals surface area (Å²) >= 11 is 0. The van der Waals surface area contributed by atoms with Crippen LogP contribution in [0.5, 0.6) is 0 Å². The van der Waals surface area contributed by atoms with E-state index in [4.69, 9.17) is 0 Å². The molecular weight excluding hydrogens is 346 g/mol. The number of H-pyrrole nitrogens is 1. The molecule has 0 unspecified atom stereocenters. The zero-order chi connectivity index (χ0) is 19.1. The smallest absolute Gasteiger partial charge is 0.227 e. The van der Waals surface area contributed by atoms with Gasteiger partial charge in [-0.2, -0.15) is 0 Å². The molecule has 0 saturated carbocycles. The van der Waals surface area contributed by atoms with E-state index in [0.29, 0.717) is 12.1 Å². The number of rotatable bonds is 5. The van der Waals surface area contributed by atoms with Crippen LogP contribution in [0.3, 0.4) is 0 Å². The zero-order valence-electron chi connectivity index (χ0n) is 16.3. The van der Waals surface area contributed by atoms with Crippen LogP contribution < -0.4 is 5.32 Å². The van der Waals surface area contributed by atoms with Crippen molar-refractivity contribution in [3.63, 3.8) is 0 Å². The molecule has 3 aromatic rings.